The molecule has 3 rings (SSSR count). The van der Waals surface area contributed by atoms with Crippen LogP contribution < -0.4 is 23.7 Å². The molecule has 7 heteroatoms. The first-order valence-electron chi connectivity index (χ1n) is 8.79. The van der Waals surface area contributed by atoms with E-state index in [0.29, 0.717) is 28.7 Å². The van der Waals surface area contributed by atoms with Gasteiger partial charge in [-0.25, -0.2) is 4.98 Å². The molecule has 1 aromatic heterocycles. The summed E-state index contributed by atoms with van der Waals surface area (Å²) >= 11 is 1.55. The summed E-state index contributed by atoms with van der Waals surface area (Å²) in [6, 6.07) is 9.42. The van der Waals surface area contributed by atoms with Crippen LogP contribution in [0.1, 0.15) is 10.6 Å². The molecule has 0 aliphatic carbocycles. The van der Waals surface area contributed by atoms with Gasteiger partial charge in [0.05, 0.1) is 41.2 Å². The lowest BCUT2D eigenvalue weighted by Gasteiger charge is -2.12. The van der Waals surface area contributed by atoms with Gasteiger partial charge in [-0.2, -0.15) is 0 Å². The second kappa shape index (κ2) is 9.34. The molecule has 3 aromatic rings. The van der Waals surface area contributed by atoms with Gasteiger partial charge in [-0.1, -0.05) is 0 Å². The zero-order valence-corrected chi connectivity index (χ0v) is 17.8. The molecule has 2 aromatic carbocycles. The smallest absolute Gasteiger partial charge is 0.164 e. The molecule has 29 heavy (non-hydrogen) atoms. The van der Waals surface area contributed by atoms with E-state index >= 15 is 0 Å². The molecule has 0 saturated carbocycles. The molecular formula is C22H23NO5S. The van der Waals surface area contributed by atoms with Crippen molar-refractivity contribution in [2.24, 2.45) is 0 Å². The Balaban J connectivity index is 1.88. The maximum absolute atomic E-state index is 5.47. The molecule has 0 unspecified atom stereocenters. The van der Waals surface area contributed by atoms with Crippen molar-refractivity contribution in [3.63, 3.8) is 0 Å². The van der Waals surface area contributed by atoms with Gasteiger partial charge in [0, 0.05) is 22.6 Å². The second-order valence-electron chi connectivity index (χ2n) is 5.92. The molecule has 0 aliphatic rings. The van der Waals surface area contributed by atoms with Crippen molar-refractivity contribution in [3.8, 4) is 40.0 Å². The standard InChI is InChI=1S/C22H23NO5S/c1-24-17-8-6-14(10-19(17)26-3)16-13-29-22(23-16)9-7-15-11-20(27-4)21(28-5)12-18(15)25-2/h6-13H,1-5H3/b9-7+. The molecular weight excluding hydrogens is 390 g/mol. The topological polar surface area (TPSA) is 59.0 Å². The number of ether oxygens (including phenoxy) is 5. The zero-order valence-electron chi connectivity index (χ0n) is 17.0. The third-order valence-corrected chi connectivity index (χ3v) is 5.15. The van der Waals surface area contributed by atoms with Crippen LogP contribution in [0.25, 0.3) is 23.4 Å². The van der Waals surface area contributed by atoms with E-state index in [1.54, 1.807) is 53.0 Å². The minimum atomic E-state index is 0.617. The van der Waals surface area contributed by atoms with Gasteiger partial charge in [-0.3, -0.25) is 0 Å². The van der Waals surface area contributed by atoms with Crippen LogP contribution in [0.15, 0.2) is 35.7 Å². The molecule has 0 radical (unpaired) electrons. The van der Waals surface area contributed by atoms with Crippen molar-refractivity contribution in [2.75, 3.05) is 35.5 Å². The normalized spacial score (nSPS) is 10.8. The first-order valence-corrected chi connectivity index (χ1v) is 9.67. The van der Waals surface area contributed by atoms with Gasteiger partial charge >= 0.3 is 0 Å². The van der Waals surface area contributed by atoms with Crippen molar-refractivity contribution in [2.45, 2.75) is 0 Å². The number of hydrogen-bond donors (Lipinski definition) is 0. The lowest BCUT2D eigenvalue weighted by atomic mass is 10.1. The first-order chi connectivity index (χ1) is 14.1. The van der Waals surface area contributed by atoms with E-state index in [-0.39, 0.29) is 0 Å². The number of rotatable bonds is 8. The predicted molar refractivity (Wildman–Crippen MR) is 116 cm³/mol. The second-order valence-corrected chi connectivity index (χ2v) is 6.81. The summed E-state index contributed by atoms with van der Waals surface area (Å²) in [5.41, 5.74) is 2.70. The minimum Gasteiger partial charge on any atom is -0.496 e. The third-order valence-electron chi connectivity index (χ3n) is 4.34. The minimum absolute atomic E-state index is 0.617. The van der Waals surface area contributed by atoms with Crippen LogP contribution in [0.3, 0.4) is 0 Å². The van der Waals surface area contributed by atoms with Gasteiger partial charge in [-0.15, -0.1) is 11.3 Å². The van der Waals surface area contributed by atoms with Gasteiger partial charge in [0.2, 0.25) is 0 Å². The summed E-state index contributed by atoms with van der Waals surface area (Å²) in [5, 5.41) is 2.87. The summed E-state index contributed by atoms with van der Waals surface area (Å²) in [6.45, 7) is 0. The SMILES string of the molecule is COc1cc(OC)c(OC)cc1/C=C/c1nc(-c2ccc(OC)c(OC)c2)cs1. The predicted octanol–water partition coefficient (Wildman–Crippen LogP) is 5.02. The van der Waals surface area contributed by atoms with Gasteiger partial charge in [0.1, 0.15) is 10.8 Å². The molecule has 0 saturated heterocycles. The molecule has 0 amide bonds. The fourth-order valence-electron chi connectivity index (χ4n) is 2.84. The maximum Gasteiger partial charge on any atom is 0.164 e. The largest absolute Gasteiger partial charge is 0.496 e. The first kappa shape index (κ1) is 20.5. The molecule has 6 nitrogen and oxygen atoms in total. The molecule has 0 atom stereocenters. The highest BCUT2D eigenvalue weighted by molar-refractivity contribution is 7.10. The Morgan fingerprint density at radius 2 is 1.31 bits per heavy atom. The van der Waals surface area contributed by atoms with E-state index in [9.17, 15) is 0 Å². The molecule has 0 fully saturated rings. The van der Waals surface area contributed by atoms with E-state index < -0.39 is 0 Å². The van der Waals surface area contributed by atoms with E-state index in [4.69, 9.17) is 28.7 Å². The Kier molecular flexibility index (Phi) is 6.61. The fraction of sp³-hybridized carbons (Fsp3) is 0.227. The van der Waals surface area contributed by atoms with E-state index in [2.05, 4.69) is 0 Å². The Labute approximate surface area is 174 Å². The molecule has 1 heterocycles. The van der Waals surface area contributed by atoms with Crippen molar-refractivity contribution in [1.29, 1.82) is 0 Å². The van der Waals surface area contributed by atoms with Gasteiger partial charge in [0.15, 0.2) is 23.0 Å². The van der Waals surface area contributed by atoms with Crippen LogP contribution in [0, 0.1) is 0 Å². The highest BCUT2D eigenvalue weighted by Gasteiger charge is 2.11. The maximum atomic E-state index is 5.47. The number of thiazole rings is 1. The number of benzene rings is 2. The zero-order chi connectivity index (χ0) is 20.8. The van der Waals surface area contributed by atoms with Crippen molar-refractivity contribution in [1.82, 2.24) is 4.98 Å². The summed E-state index contributed by atoms with van der Waals surface area (Å²) in [4.78, 5) is 4.70. The number of hydrogen-bond acceptors (Lipinski definition) is 7. The summed E-state index contributed by atoms with van der Waals surface area (Å²) in [7, 11) is 8.06. The Morgan fingerprint density at radius 1 is 0.690 bits per heavy atom. The number of aromatic nitrogens is 1. The Morgan fingerprint density at radius 3 is 1.97 bits per heavy atom. The van der Waals surface area contributed by atoms with Crippen LogP contribution in [0.4, 0.5) is 0 Å². The van der Waals surface area contributed by atoms with Crippen molar-refractivity contribution < 1.29 is 23.7 Å². The summed E-state index contributed by atoms with van der Waals surface area (Å²) < 4.78 is 26.8. The Bertz CT molecular complexity index is 1010. The van der Waals surface area contributed by atoms with E-state index in [0.717, 1.165) is 21.8 Å². The number of nitrogens with zero attached hydrogens (tertiary/aromatic N) is 1. The van der Waals surface area contributed by atoms with E-state index in [1.165, 1.54) is 0 Å². The molecule has 0 bridgehead atoms. The van der Waals surface area contributed by atoms with Crippen molar-refractivity contribution in [3.05, 3.63) is 46.3 Å². The average molecular weight is 413 g/mol. The van der Waals surface area contributed by atoms with Crippen molar-refractivity contribution >= 4 is 23.5 Å². The molecule has 152 valence electrons. The highest BCUT2D eigenvalue weighted by atomic mass is 32.1. The Hall–Kier alpha value is -3.19. The lowest BCUT2D eigenvalue weighted by Crippen LogP contribution is -1.94. The van der Waals surface area contributed by atoms with Crippen LogP contribution in [-0.2, 0) is 0 Å². The van der Waals surface area contributed by atoms with Gasteiger partial charge in [-0.05, 0) is 36.4 Å². The quantitative estimate of drug-likeness (QED) is 0.517. The molecule has 0 aliphatic heterocycles. The summed E-state index contributed by atoms with van der Waals surface area (Å²) in [6.07, 6.45) is 3.89. The van der Waals surface area contributed by atoms with Crippen LogP contribution >= 0.6 is 11.3 Å². The monoisotopic (exact) mass is 413 g/mol. The van der Waals surface area contributed by atoms with Crippen LogP contribution in [0.2, 0.25) is 0 Å². The fourth-order valence-corrected chi connectivity index (χ4v) is 3.56. The average Bonchev–Trinajstić information content (AvgIpc) is 3.25. The van der Waals surface area contributed by atoms with Crippen LogP contribution in [0.5, 0.6) is 28.7 Å². The van der Waals surface area contributed by atoms with Gasteiger partial charge < -0.3 is 23.7 Å². The van der Waals surface area contributed by atoms with Crippen LogP contribution in [-0.4, -0.2) is 40.5 Å². The van der Waals surface area contributed by atoms with Gasteiger partial charge in [0.25, 0.3) is 0 Å². The number of methoxy groups -OCH3 is 5. The molecule has 0 N–H and O–H groups in total. The molecule has 0 spiro atoms. The summed E-state index contributed by atoms with van der Waals surface area (Å²) in [5.74, 6) is 3.30. The third kappa shape index (κ3) is 4.46. The lowest BCUT2D eigenvalue weighted by molar-refractivity contribution is 0.348. The highest BCUT2D eigenvalue weighted by Crippen LogP contribution is 2.36. The van der Waals surface area contributed by atoms with E-state index in [1.807, 2.05) is 41.8 Å².